The number of hydrogen-bond acceptors (Lipinski definition) is 1. The van der Waals surface area contributed by atoms with Gasteiger partial charge in [-0.15, -0.1) is 0 Å². The van der Waals surface area contributed by atoms with Crippen LogP contribution in [0.15, 0.2) is 0 Å². The van der Waals surface area contributed by atoms with Crippen LogP contribution in [0.5, 0.6) is 0 Å². The molecule has 0 fully saturated rings. The molecular formula is C10H23N. The average molecular weight is 157 g/mol. The Morgan fingerprint density at radius 1 is 1.36 bits per heavy atom. The molecule has 0 saturated carbocycles. The van der Waals surface area contributed by atoms with Crippen LogP contribution in [-0.2, 0) is 0 Å². The zero-order chi connectivity index (χ0) is 8.91. The molecule has 1 nitrogen and oxygen atoms in total. The average Bonchev–Trinajstić information content (AvgIpc) is 1.87. The molecule has 68 valence electrons. The van der Waals surface area contributed by atoms with Gasteiger partial charge < -0.3 is 5.73 Å². The van der Waals surface area contributed by atoms with Gasteiger partial charge in [-0.3, -0.25) is 0 Å². The Kier molecular flexibility index (Phi) is 4.74. The Labute approximate surface area is 71.4 Å². The molecule has 1 heteroatoms. The van der Waals surface area contributed by atoms with Crippen molar-refractivity contribution in [2.45, 2.75) is 58.9 Å². The second-order valence-corrected chi connectivity index (χ2v) is 4.11. The molecule has 0 aliphatic rings. The van der Waals surface area contributed by atoms with Gasteiger partial charge in [0, 0.05) is 5.54 Å². The van der Waals surface area contributed by atoms with E-state index in [0.717, 1.165) is 18.8 Å². The Morgan fingerprint density at radius 3 is 2.27 bits per heavy atom. The molecule has 2 atom stereocenters. The van der Waals surface area contributed by atoms with E-state index in [-0.39, 0.29) is 5.54 Å². The summed E-state index contributed by atoms with van der Waals surface area (Å²) in [5, 5.41) is 0. The van der Waals surface area contributed by atoms with Gasteiger partial charge in [-0.2, -0.15) is 0 Å². The first-order valence-corrected chi connectivity index (χ1v) is 4.80. The normalized spacial score (nSPS) is 19.4. The van der Waals surface area contributed by atoms with Gasteiger partial charge in [0.05, 0.1) is 0 Å². The predicted molar refractivity (Wildman–Crippen MR) is 51.6 cm³/mol. The highest BCUT2D eigenvalue weighted by molar-refractivity contribution is 4.78. The Hall–Kier alpha value is -0.0400. The highest BCUT2D eigenvalue weighted by Crippen LogP contribution is 2.20. The summed E-state index contributed by atoms with van der Waals surface area (Å²) in [6.07, 6.45) is 4.84. The van der Waals surface area contributed by atoms with E-state index in [1.165, 1.54) is 12.8 Å². The van der Waals surface area contributed by atoms with Crippen molar-refractivity contribution in [3.05, 3.63) is 0 Å². The first-order chi connectivity index (χ1) is 5.02. The molecule has 2 unspecified atom stereocenters. The molecule has 0 aromatic heterocycles. The van der Waals surface area contributed by atoms with Crippen molar-refractivity contribution < 1.29 is 0 Å². The lowest BCUT2D eigenvalue weighted by molar-refractivity contribution is 0.331. The zero-order valence-corrected chi connectivity index (χ0v) is 8.48. The van der Waals surface area contributed by atoms with Gasteiger partial charge >= 0.3 is 0 Å². The maximum absolute atomic E-state index is 6.05. The fourth-order valence-electron chi connectivity index (χ4n) is 1.54. The van der Waals surface area contributed by atoms with E-state index in [4.69, 9.17) is 5.73 Å². The van der Waals surface area contributed by atoms with Gasteiger partial charge in [0.15, 0.2) is 0 Å². The topological polar surface area (TPSA) is 26.0 Å². The smallest absolute Gasteiger partial charge is 0.0125 e. The quantitative estimate of drug-likeness (QED) is 0.652. The highest BCUT2D eigenvalue weighted by Gasteiger charge is 2.18. The maximum atomic E-state index is 6.05. The molecule has 0 bridgehead atoms. The Bertz CT molecular complexity index is 97.0. The molecule has 11 heavy (non-hydrogen) atoms. The summed E-state index contributed by atoms with van der Waals surface area (Å²) in [5.41, 5.74) is 6.11. The maximum Gasteiger partial charge on any atom is 0.0125 e. The van der Waals surface area contributed by atoms with Crippen molar-refractivity contribution in [2.24, 2.45) is 11.7 Å². The van der Waals surface area contributed by atoms with Crippen LogP contribution in [0.3, 0.4) is 0 Å². The lowest BCUT2D eigenvalue weighted by Gasteiger charge is -2.26. The van der Waals surface area contributed by atoms with Crippen LogP contribution in [0.4, 0.5) is 0 Å². The molecule has 0 spiro atoms. The van der Waals surface area contributed by atoms with Crippen LogP contribution in [0.1, 0.15) is 53.4 Å². The summed E-state index contributed by atoms with van der Waals surface area (Å²) in [7, 11) is 0. The molecule has 0 amide bonds. The number of nitrogens with two attached hydrogens (primary N) is 1. The van der Waals surface area contributed by atoms with E-state index >= 15 is 0 Å². The fraction of sp³-hybridized carbons (Fsp3) is 1.00. The van der Waals surface area contributed by atoms with Gasteiger partial charge in [-0.25, -0.2) is 0 Å². The van der Waals surface area contributed by atoms with E-state index in [1.807, 2.05) is 0 Å². The zero-order valence-electron chi connectivity index (χ0n) is 8.48. The standard InChI is InChI=1S/C10H23N/c1-5-7-9(3)8-10(4,11)6-2/h9H,5-8,11H2,1-4H3. The third kappa shape index (κ3) is 5.25. The van der Waals surface area contributed by atoms with E-state index in [0.29, 0.717) is 0 Å². The van der Waals surface area contributed by atoms with Gasteiger partial charge in [0.2, 0.25) is 0 Å². The van der Waals surface area contributed by atoms with Crippen LogP contribution >= 0.6 is 0 Å². The molecule has 0 radical (unpaired) electrons. The minimum atomic E-state index is 0.0641. The summed E-state index contributed by atoms with van der Waals surface area (Å²) in [4.78, 5) is 0. The summed E-state index contributed by atoms with van der Waals surface area (Å²) in [5.74, 6) is 0.787. The molecular weight excluding hydrogens is 134 g/mol. The van der Waals surface area contributed by atoms with Gasteiger partial charge in [0.25, 0.3) is 0 Å². The second kappa shape index (κ2) is 4.76. The van der Waals surface area contributed by atoms with Crippen LogP contribution in [0.2, 0.25) is 0 Å². The molecule has 0 aliphatic heterocycles. The Morgan fingerprint density at radius 2 is 1.91 bits per heavy atom. The van der Waals surface area contributed by atoms with Crippen molar-refractivity contribution in [1.82, 2.24) is 0 Å². The molecule has 0 rings (SSSR count). The molecule has 0 aromatic rings. The van der Waals surface area contributed by atoms with Crippen molar-refractivity contribution in [3.8, 4) is 0 Å². The van der Waals surface area contributed by atoms with Gasteiger partial charge in [0.1, 0.15) is 0 Å². The molecule has 0 heterocycles. The number of rotatable bonds is 5. The third-order valence-electron chi connectivity index (χ3n) is 2.40. The summed E-state index contributed by atoms with van der Waals surface area (Å²) in [6.45, 7) is 8.85. The number of hydrogen-bond donors (Lipinski definition) is 1. The van der Waals surface area contributed by atoms with Gasteiger partial charge in [-0.1, -0.05) is 33.6 Å². The van der Waals surface area contributed by atoms with Gasteiger partial charge in [-0.05, 0) is 25.7 Å². The van der Waals surface area contributed by atoms with Crippen LogP contribution in [-0.4, -0.2) is 5.54 Å². The minimum absolute atomic E-state index is 0.0641. The van der Waals surface area contributed by atoms with Crippen molar-refractivity contribution in [1.29, 1.82) is 0 Å². The lowest BCUT2D eigenvalue weighted by atomic mass is 9.87. The van der Waals surface area contributed by atoms with Crippen LogP contribution < -0.4 is 5.73 Å². The van der Waals surface area contributed by atoms with Crippen LogP contribution in [0.25, 0.3) is 0 Å². The van der Waals surface area contributed by atoms with E-state index in [9.17, 15) is 0 Å². The SMILES string of the molecule is CCCC(C)CC(C)(N)CC. The highest BCUT2D eigenvalue weighted by atomic mass is 14.7. The summed E-state index contributed by atoms with van der Waals surface area (Å²) in [6, 6.07) is 0. The molecule has 0 saturated heterocycles. The summed E-state index contributed by atoms with van der Waals surface area (Å²) < 4.78 is 0. The Balaban J connectivity index is 3.64. The van der Waals surface area contributed by atoms with E-state index < -0.39 is 0 Å². The van der Waals surface area contributed by atoms with Crippen molar-refractivity contribution >= 4 is 0 Å². The third-order valence-corrected chi connectivity index (χ3v) is 2.40. The molecule has 2 N–H and O–H groups in total. The van der Waals surface area contributed by atoms with E-state index in [1.54, 1.807) is 0 Å². The molecule has 0 aromatic carbocycles. The monoisotopic (exact) mass is 157 g/mol. The largest absolute Gasteiger partial charge is 0.325 e. The first-order valence-electron chi connectivity index (χ1n) is 4.80. The van der Waals surface area contributed by atoms with Crippen molar-refractivity contribution in [2.75, 3.05) is 0 Å². The van der Waals surface area contributed by atoms with E-state index in [2.05, 4.69) is 27.7 Å². The van der Waals surface area contributed by atoms with Crippen molar-refractivity contribution in [3.63, 3.8) is 0 Å². The second-order valence-electron chi connectivity index (χ2n) is 4.11. The summed E-state index contributed by atoms with van der Waals surface area (Å²) >= 11 is 0. The predicted octanol–water partition coefficient (Wildman–Crippen LogP) is 2.94. The minimum Gasteiger partial charge on any atom is -0.325 e. The van der Waals surface area contributed by atoms with Crippen LogP contribution in [0, 0.1) is 5.92 Å². The lowest BCUT2D eigenvalue weighted by Crippen LogP contribution is -2.36. The molecule has 0 aliphatic carbocycles. The fourth-order valence-corrected chi connectivity index (χ4v) is 1.54. The first kappa shape index (κ1) is 11.0.